The van der Waals surface area contributed by atoms with Crippen LogP contribution >= 0.6 is 11.8 Å². The molecule has 0 aromatic carbocycles. The molecular weight excluding hydrogens is 238 g/mol. The molecule has 0 radical (unpaired) electrons. The van der Waals surface area contributed by atoms with Gasteiger partial charge in [0.1, 0.15) is 0 Å². The van der Waals surface area contributed by atoms with Gasteiger partial charge in [0.25, 0.3) is 5.22 Å². The number of hydrogen-bond acceptors (Lipinski definition) is 6. The molecule has 0 saturated heterocycles. The number of nitrogens with one attached hydrogen (secondary N) is 1. The van der Waals surface area contributed by atoms with Crippen molar-refractivity contribution >= 4 is 11.8 Å². The fraction of sp³-hybridized carbons (Fsp3) is 0.818. The highest BCUT2D eigenvalue weighted by Gasteiger charge is 2.09. The average molecular weight is 259 g/mol. The van der Waals surface area contributed by atoms with Gasteiger partial charge in [0.05, 0.1) is 0 Å². The summed E-state index contributed by atoms with van der Waals surface area (Å²) in [5.74, 6) is 0.615. The third-order valence-electron chi connectivity index (χ3n) is 2.09. The molecule has 0 amide bonds. The van der Waals surface area contributed by atoms with E-state index in [1.807, 2.05) is 6.92 Å². The summed E-state index contributed by atoms with van der Waals surface area (Å²) in [4.78, 5) is 0. The average Bonchev–Trinajstić information content (AvgIpc) is 2.69. The highest BCUT2D eigenvalue weighted by Crippen LogP contribution is 2.20. The Labute approximate surface area is 107 Å². The van der Waals surface area contributed by atoms with Gasteiger partial charge in [-0.05, 0) is 19.9 Å². The summed E-state index contributed by atoms with van der Waals surface area (Å²) in [7, 11) is 0. The molecule has 6 heteroatoms. The van der Waals surface area contributed by atoms with Gasteiger partial charge in [0.15, 0.2) is 0 Å². The van der Waals surface area contributed by atoms with Crippen LogP contribution in [-0.4, -0.2) is 41.8 Å². The van der Waals surface area contributed by atoms with Crippen molar-refractivity contribution in [2.75, 3.05) is 26.3 Å². The maximum absolute atomic E-state index is 5.31. The molecule has 17 heavy (non-hydrogen) atoms. The second kappa shape index (κ2) is 8.49. The van der Waals surface area contributed by atoms with Crippen molar-refractivity contribution in [2.45, 2.75) is 37.7 Å². The van der Waals surface area contributed by atoms with Gasteiger partial charge in [-0.3, -0.25) is 0 Å². The van der Waals surface area contributed by atoms with Crippen LogP contribution in [0.15, 0.2) is 9.64 Å². The first-order valence-electron chi connectivity index (χ1n) is 5.97. The fourth-order valence-corrected chi connectivity index (χ4v) is 2.09. The van der Waals surface area contributed by atoms with Crippen molar-refractivity contribution in [3.8, 4) is 0 Å². The number of nitrogens with zero attached hydrogens (tertiary/aromatic N) is 2. The number of rotatable bonds is 9. The van der Waals surface area contributed by atoms with Crippen molar-refractivity contribution in [3.05, 3.63) is 5.89 Å². The predicted octanol–water partition coefficient (Wildman–Crippen LogP) is 1.87. The Bertz CT molecular complexity index is 307. The van der Waals surface area contributed by atoms with Crippen molar-refractivity contribution in [2.24, 2.45) is 0 Å². The van der Waals surface area contributed by atoms with Gasteiger partial charge >= 0.3 is 0 Å². The molecule has 1 heterocycles. The SMILES string of the molecule is CCOCCCNCC(C)Sc1nnc(C)o1. The van der Waals surface area contributed by atoms with E-state index in [4.69, 9.17) is 9.15 Å². The summed E-state index contributed by atoms with van der Waals surface area (Å²) in [5, 5.41) is 12.2. The molecule has 0 aliphatic carbocycles. The predicted molar refractivity (Wildman–Crippen MR) is 68.3 cm³/mol. The third kappa shape index (κ3) is 6.65. The molecule has 0 aliphatic rings. The molecule has 1 unspecified atom stereocenters. The van der Waals surface area contributed by atoms with Crippen LogP contribution in [0.3, 0.4) is 0 Å². The lowest BCUT2D eigenvalue weighted by Crippen LogP contribution is -2.24. The third-order valence-corrected chi connectivity index (χ3v) is 3.02. The number of hydrogen-bond donors (Lipinski definition) is 1. The zero-order chi connectivity index (χ0) is 12.5. The summed E-state index contributed by atoms with van der Waals surface area (Å²) >= 11 is 1.60. The number of ether oxygens (including phenoxy) is 1. The second-order valence-electron chi connectivity index (χ2n) is 3.77. The largest absolute Gasteiger partial charge is 0.416 e. The summed E-state index contributed by atoms with van der Waals surface area (Å²) in [6, 6.07) is 0. The van der Waals surface area contributed by atoms with Crippen LogP contribution in [0.25, 0.3) is 0 Å². The van der Waals surface area contributed by atoms with E-state index in [-0.39, 0.29) is 0 Å². The van der Waals surface area contributed by atoms with Crippen LogP contribution in [0.2, 0.25) is 0 Å². The van der Waals surface area contributed by atoms with Crippen molar-refractivity contribution in [1.82, 2.24) is 15.5 Å². The minimum atomic E-state index is 0.418. The van der Waals surface area contributed by atoms with Gasteiger partial charge in [-0.15, -0.1) is 10.2 Å². The monoisotopic (exact) mass is 259 g/mol. The van der Waals surface area contributed by atoms with Crippen LogP contribution in [-0.2, 0) is 4.74 Å². The molecule has 1 rings (SSSR count). The Hall–Kier alpha value is -0.590. The standard InChI is InChI=1S/C11H21N3O2S/c1-4-15-7-5-6-12-8-9(2)17-11-14-13-10(3)16-11/h9,12H,4-8H2,1-3H3. The van der Waals surface area contributed by atoms with Crippen molar-refractivity contribution in [1.29, 1.82) is 0 Å². The number of thioether (sulfide) groups is 1. The molecule has 0 fully saturated rings. The van der Waals surface area contributed by atoms with Crippen molar-refractivity contribution in [3.63, 3.8) is 0 Å². The summed E-state index contributed by atoms with van der Waals surface area (Å²) in [6.07, 6.45) is 1.05. The number of aromatic nitrogens is 2. The lowest BCUT2D eigenvalue weighted by atomic mass is 10.4. The van der Waals surface area contributed by atoms with E-state index in [2.05, 4.69) is 22.4 Å². The van der Waals surface area contributed by atoms with Crippen LogP contribution in [0.5, 0.6) is 0 Å². The maximum atomic E-state index is 5.31. The highest BCUT2D eigenvalue weighted by molar-refractivity contribution is 7.99. The van der Waals surface area contributed by atoms with E-state index < -0.39 is 0 Å². The van der Waals surface area contributed by atoms with Gasteiger partial charge < -0.3 is 14.5 Å². The van der Waals surface area contributed by atoms with Crippen molar-refractivity contribution < 1.29 is 9.15 Å². The zero-order valence-corrected chi connectivity index (χ0v) is 11.5. The first kappa shape index (κ1) is 14.5. The quantitative estimate of drug-likeness (QED) is 0.539. The molecular formula is C11H21N3O2S. The smallest absolute Gasteiger partial charge is 0.276 e. The topological polar surface area (TPSA) is 60.2 Å². The van der Waals surface area contributed by atoms with Crippen LogP contribution in [0.4, 0.5) is 0 Å². The molecule has 1 N–H and O–H groups in total. The van der Waals surface area contributed by atoms with Gasteiger partial charge in [0, 0.05) is 31.9 Å². The highest BCUT2D eigenvalue weighted by atomic mass is 32.2. The first-order valence-corrected chi connectivity index (χ1v) is 6.85. The van der Waals surface area contributed by atoms with Gasteiger partial charge in [0.2, 0.25) is 5.89 Å². The Balaban J connectivity index is 2.03. The van der Waals surface area contributed by atoms with Crippen LogP contribution < -0.4 is 5.32 Å². The fourth-order valence-electron chi connectivity index (χ4n) is 1.29. The van der Waals surface area contributed by atoms with Gasteiger partial charge in [-0.2, -0.15) is 0 Å². The molecule has 5 nitrogen and oxygen atoms in total. The molecule has 0 bridgehead atoms. The minimum absolute atomic E-state index is 0.418. The second-order valence-corrected chi connectivity index (χ2v) is 5.16. The van der Waals surface area contributed by atoms with E-state index in [1.165, 1.54) is 0 Å². The molecule has 0 aliphatic heterocycles. The summed E-state index contributed by atoms with van der Waals surface area (Å²) < 4.78 is 10.6. The lowest BCUT2D eigenvalue weighted by molar-refractivity contribution is 0.145. The van der Waals surface area contributed by atoms with Crippen LogP contribution in [0.1, 0.15) is 26.2 Å². The van der Waals surface area contributed by atoms with Crippen LogP contribution in [0, 0.1) is 6.92 Å². The van der Waals surface area contributed by atoms with E-state index in [0.29, 0.717) is 16.4 Å². The Kier molecular flexibility index (Phi) is 7.23. The Morgan fingerprint density at radius 3 is 2.94 bits per heavy atom. The Morgan fingerprint density at radius 1 is 1.47 bits per heavy atom. The minimum Gasteiger partial charge on any atom is -0.416 e. The molecule has 0 spiro atoms. The van der Waals surface area contributed by atoms with E-state index >= 15 is 0 Å². The normalized spacial score (nSPS) is 12.9. The van der Waals surface area contributed by atoms with Gasteiger partial charge in [-0.1, -0.05) is 18.7 Å². The number of aryl methyl sites for hydroxylation is 1. The van der Waals surface area contributed by atoms with Gasteiger partial charge in [-0.25, -0.2) is 0 Å². The maximum Gasteiger partial charge on any atom is 0.276 e. The lowest BCUT2D eigenvalue weighted by Gasteiger charge is -2.09. The van der Waals surface area contributed by atoms with E-state index in [0.717, 1.165) is 32.7 Å². The summed E-state index contributed by atoms with van der Waals surface area (Å²) in [6.45, 7) is 9.48. The zero-order valence-electron chi connectivity index (χ0n) is 10.7. The molecule has 1 aromatic heterocycles. The molecule has 98 valence electrons. The van der Waals surface area contributed by atoms with E-state index in [1.54, 1.807) is 18.7 Å². The molecule has 0 saturated carbocycles. The first-order chi connectivity index (χ1) is 8.22. The summed E-state index contributed by atoms with van der Waals surface area (Å²) in [5.41, 5.74) is 0. The van der Waals surface area contributed by atoms with E-state index in [9.17, 15) is 0 Å². The Morgan fingerprint density at radius 2 is 2.29 bits per heavy atom. The molecule has 1 aromatic rings. The molecule has 1 atom stereocenters.